The molecule has 1 fully saturated rings. The lowest BCUT2D eigenvalue weighted by atomic mass is 10.1. The number of rotatable bonds is 5. The van der Waals surface area contributed by atoms with Crippen molar-refractivity contribution in [1.29, 1.82) is 0 Å². The predicted molar refractivity (Wildman–Crippen MR) is 139 cm³/mol. The summed E-state index contributed by atoms with van der Waals surface area (Å²) in [6.45, 7) is 5.52. The van der Waals surface area contributed by atoms with Gasteiger partial charge in [-0.3, -0.25) is 10.00 Å². The van der Waals surface area contributed by atoms with Crippen molar-refractivity contribution in [2.24, 2.45) is 0 Å². The highest BCUT2D eigenvalue weighted by Crippen LogP contribution is 2.39. The molecule has 1 saturated heterocycles. The van der Waals surface area contributed by atoms with Crippen molar-refractivity contribution in [1.82, 2.24) is 30.0 Å². The van der Waals surface area contributed by atoms with Crippen LogP contribution in [0.4, 0.5) is 17.5 Å². The normalized spacial score (nSPS) is 15.3. The zero-order valence-corrected chi connectivity index (χ0v) is 19.8. The molecule has 4 N–H and O–H groups in total. The molecule has 0 atom stereocenters. The SMILES string of the molecule is CN1CCN(Cc2ccc3sc(-c4cc(Nc5ccnc(N)n5)cc5cn[nH]c45)cc3c2)CC1. The van der Waals surface area contributed by atoms with Crippen molar-refractivity contribution in [3.8, 4) is 10.4 Å². The lowest BCUT2D eigenvalue weighted by Crippen LogP contribution is -2.43. The Hall–Kier alpha value is -3.53. The minimum absolute atomic E-state index is 0.242. The van der Waals surface area contributed by atoms with Crippen molar-refractivity contribution < 1.29 is 0 Å². The zero-order valence-electron chi connectivity index (χ0n) is 19.0. The fraction of sp³-hybridized carbons (Fsp3) is 0.240. The van der Waals surface area contributed by atoms with E-state index in [9.17, 15) is 0 Å². The van der Waals surface area contributed by atoms with E-state index in [0.29, 0.717) is 5.82 Å². The van der Waals surface area contributed by atoms with E-state index in [4.69, 9.17) is 5.73 Å². The number of H-pyrrole nitrogens is 1. The number of hydrogen-bond acceptors (Lipinski definition) is 8. The van der Waals surface area contributed by atoms with Gasteiger partial charge in [0.15, 0.2) is 0 Å². The fourth-order valence-corrected chi connectivity index (χ4v) is 5.57. The molecule has 9 heteroatoms. The molecule has 0 amide bonds. The molecular weight excluding hydrogens is 444 g/mol. The second kappa shape index (κ2) is 8.68. The average molecular weight is 471 g/mol. The molecule has 4 heterocycles. The molecule has 2 aromatic carbocycles. The number of anilines is 3. The molecule has 34 heavy (non-hydrogen) atoms. The van der Waals surface area contributed by atoms with E-state index < -0.39 is 0 Å². The third-order valence-electron chi connectivity index (χ3n) is 6.34. The van der Waals surface area contributed by atoms with Crippen molar-refractivity contribution in [3.05, 3.63) is 60.4 Å². The standard InChI is InChI=1S/C25H26N8S/c1-32-6-8-33(9-7-32)15-16-2-3-21-17(10-16)12-22(34-21)20-13-19(11-18-14-28-31-24(18)20)29-23-4-5-27-25(26)30-23/h2-5,10-14H,6-9,15H2,1H3,(H,28,31)(H3,26,27,29,30). The van der Waals surface area contributed by atoms with Crippen LogP contribution in [0.2, 0.25) is 0 Å². The van der Waals surface area contributed by atoms with Crippen LogP contribution in [0.25, 0.3) is 31.4 Å². The van der Waals surface area contributed by atoms with E-state index >= 15 is 0 Å². The molecule has 5 aromatic rings. The smallest absolute Gasteiger partial charge is 0.221 e. The molecular formula is C25H26N8S. The van der Waals surface area contributed by atoms with Crippen LogP contribution in [0.3, 0.4) is 0 Å². The number of thiophene rings is 1. The maximum absolute atomic E-state index is 5.75. The summed E-state index contributed by atoms with van der Waals surface area (Å²) < 4.78 is 1.28. The van der Waals surface area contributed by atoms with E-state index in [-0.39, 0.29) is 5.95 Å². The third kappa shape index (κ3) is 4.21. The summed E-state index contributed by atoms with van der Waals surface area (Å²) in [5.41, 5.74) is 10.2. The van der Waals surface area contributed by atoms with E-state index in [1.165, 1.54) is 20.5 Å². The second-order valence-electron chi connectivity index (χ2n) is 8.85. The third-order valence-corrected chi connectivity index (χ3v) is 7.49. The molecule has 6 rings (SSSR count). The number of nitrogens with one attached hydrogen (secondary N) is 2. The summed E-state index contributed by atoms with van der Waals surface area (Å²) in [4.78, 5) is 14.4. The lowest BCUT2D eigenvalue weighted by molar-refractivity contribution is 0.148. The molecule has 0 aliphatic carbocycles. The first-order valence-corrected chi connectivity index (χ1v) is 12.2. The van der Waals surface area contributed by atoms with Gasteiger partial charge in [0.05, 0.1) is 11.7 Å². The molecule has 0 radical (unpaired) electrons. The monoisotopic (exact) mass is 470 g/mol. The van der Waals surface area contributed by atoms with E-state index in [1.54, 1.807) is 23.6 Å². The Morgan fingerprint density at radius 2 is 1.94 bits per heavy atom. The Labute approximate surface area is 201 Å². The summed E-state index contributed by atoms with van der Waals surface area (Å²) in [6.07, 6.45) is 3.49. The van der Waals surface area contributed by atoms with Gasteiger partial charge in [-0.1, -0.05) is 6.07 Å². The Balaban J connectivity index is 1.33. The first kappa shape index (κ1) is 21.0. The largest absolute Gasteiger partial charge is 0.368 e. The first-order valence-electron chi connectivity index (χ1n) is 11.4. The van der Waals surface area contributed by atoms with Crippen LogP contribution in [-0.2, 0) is 6.54 Å². The highest BCUT2D eigenvalue weighted by molar-refractivity contribution is 7.22. The van der Waals surface area contributed by atoms with Crippen LogP contribution < -0.4 is 11.1 Å². The second-order valence-corrected chi connectivity index (χ2v) is 9.93. The minimum Gasteiger partial charge on any atom is -0.368 e. The highest BCUT2D eigenvalue weighted by atomic mass is 32.1. The number of aromatic nitrogens is 4. The van der Waals surface area contributed by atoms with Crippen LogP contribution >= 0.6 is 11.3 Å². The summed E-state index contributed by atoms with van der Waals surface area (Å²) in [7, 11) is 2.19. The lowest BCUT2D eigenvalue weighted by Gasteiger charge is -2.32. The van der Waals surface area contributed by atoms with Crippen molar-refractivity contribution >= 4 is 49.8 Å². The number of nitrogens with two attached hydrogens (primary N) is 1. The molecule has 1 aliphatic rings. The number of nitrogen functional groups attached to an aromatic ring is 1. The summed E-state index contributed by atoms with van der Waals surface area (Å²) in [6, 6.07) is 15.1. The van der Waals surface area contributed by atoms with Crippen LogP contribution in [0, 0.1) is 0 Å². The van der Waals surface area contributed by atoms with Gasteiger partial charge in [0.25, 0.3) is 0 Å². The Kier molecular flexibility index (Phi) is 5.37. The number of nitrogens with zero attached hydrogens (tertiary/aromatic N) is 5. The molecule has 8 nitrogen and oxygen atoms in total. The van der Waals surface area contributed by atoms with E-state index in [2.05, 4.69) is 78.7 Å². The fourth-order valence-electron chi connectivity index (χ4n) is 4.50. The van der Waals surface area contributed by atoms with E-state index in [1.807, 2.05) is 6.20 Å². The molecule has 1 aliphatic heterocycles. The Bertz CT molecular complexity index is 1460. The molecule has 0 bridgehead atoms. The molecule has 0 spiro atoms. The number of benzene rings is 2. The summed E-state index contributed by atoms with van der Waals surface area (Å²) in [5, 5.41) is 13.1. The number of likely N-dealkylation sites (N-methyl/N-ethyl adjacent to an activating group) is 1. The zero-order chi connectivity index (χ0) is 23.1. The number of fused-ring (bicyclic) bond motifs is 2. The molecule has 172 valence electrons. The van der Waals surface area contributed by atoms with Crippen LogP contribution in [0.15, 0.2) is 54.9 Å². The highest BCUT2D eigenvalue weighted by Gasteiger charge is 2.15. The Morgan fingerprint density at radius 3 is 2.79 bits per heavy atom. The van der Waals surface area contributed by atoms with Crippen molar-refractivity contribution in [2.45, 2.75) is 6.54 Å². The van der Waals surface area contributed by atoms with Crippen LogP contribution in [0.5, 0.6) is 0 Å². The first-order chi connectivity index (χ1) is 16.6. The topological polar surface area (TPSA) is 99.0 Å². The van der Waals surface area contributed by atoms with Crippen molar-refractivity contribution in [3.63, 3.8) is 0 Å². The van der Waals surface area contributed by atoms with Gasteiger partial charge in [-0.25, -0.2) is 4.98 Å². The van der Waals surface area contributed by atoms with Crippen molar-refractivity contribution in [2.75, 3.05) is 44.3 Å². The van der Waals surface area contributed by atoms with Gasteiger partial charge in [0.2, 0.25) is 5.95 Å². The maximum atomic E-state index is 5.75. The van der Waals surface area contributed by atoms with Crippen LogP contribution in [0.1, 0.15) is 5.56 Å². The molecule has 0 saturated carbocycles. The maximum Gasteiger partial charge on any atom is 0.221 e. The van der Waals surface area contributed by atoms with Gasteiger partial charge >= 0.3 is 0 Å². The van der Waals surface area contributed by atoms with Gasteiger partial charge in [-0.05, 0) is 54.4 Å². The van der Waals surface area contributed by atoms with Gasteiger partial charge in [-0.15, -0.1) is 11.3 Å². The number of aromatic amines is 1. The van der Waals surface area contributed by atoms with Gasteiger partial charge in [0.1, 0.15) is 5.82 Å². The minimum atomic E-state index is 0.242. The average Bonchev–Trinajstić information content (AvgIpc) is 3.47. The molecule has 3 aromatic heterocycles. The number of piperazine rings is 1. The quantitative estimate of drug-likeness (QED) is 0.352. The number of hydrogen-bond donors (Lipinski definition) is 3. The summed E-state index contributed by atoms with van der Waals surface area (Å²) >= 11 is 1.80. The van der Waals surface area contributed by atoms with E-state index in [0.717, 1.165) is 54.9 Å². The summed E-state index contributed by atoms with van der Waals surface area (Å²) in [5.74, 6) is 0.901. The predicted octanol–water partition coefficient (Wildman–Crippen LogP) is 4.31. The van der Waals surface area contributed by atoms with Gasteiger partial charge in [-0.2, -0.15) is 10.1 Å². The Morgan fingerprint density at radius 1 is 1.06 bits per heavy atom. The van der Waals surface area contributed by atoms with Crippen LogP contribution in [-0.4, -0.2) is 63.2 Å². The van der Waals surface area contributed by atoms with Gasteiger partial charge < -0.3 is 16.0 Å². The molecule has 0 unspecified atom stereocenters. The van der Waals surface area contributed by atoms with Gasteiger partial charge in [0, 0.05) is 65.1 Å².